The highest BCUT2D eigenvalue weighted by molar-refractivity contribution is 6.32. The summed E-state index contributed by atoms with van der Waals surface area (Å²) < 4.78 is 12.0. The molecule has 0 saturated carbocycles. The Morgan fingerprint density at radius 1 is 1.30 bits per heavy atom. The minimum atomic E-state index is 0.588. The smallest absolute Gasteiger partial charge is 0.139 e. The predicted molar refractivity (Wildman–Crippen MR) is 78.7 cm³/mol. The van der Waals surface area contributed by atoms with E-state index in [4.69, 9.17) is 21.1 Å². The molecule has 0 bridgehead atoms. The summed E-state index contributed by atoms with van der Waals surface area (Å²) in [5.74, 6) is 0.638. The number of hydrogen-bond acceptors (Lipinski definition) is 4. The molecule has 0 amide bonds. The Balaban J connectivity index is 2.04. The highest BCUT2D eigenvalue weighted by Gasteiger charge is 2.05. The lowest BCUT2D eigenvalue weighted by atomic mass is 10.3. The van der Waals surface area contributed by atoms with Crippen molar-refractivity contribution >= 4 is 11.6 Å². The van der Waals surface area contributed by atoms with Gasteiger partial charge in [-0.05, 0) is 18.2 Å². The molecule has 6 heteroatoms. The monoisotopic (exact) mass is 295 g/mol. The molecule has 0 aliphatic rings. The molecule has 0 unspecified atom stereocenters. The van der Waals surface area contributed by atoms with E-state index in [1.54, 1.807) is 25.0 Å². The van der Waals surface area contributed by atoms with Crippen molar-refractivity contribution in [3.63, 3.8) is 0 Å². The van der Waals surface area contributed by atoms with Crippen LogP contribution in [-0.4, -0.2) is 37.2 Å². The third-order valence-corrected chi connectivity index (χ3v) is 3.14. The fraction of sp³-hybridized carbons (Fsp3) is 0.357. The first-order chi connectivity index (χ1) is 9.74. The van der Waals surface area contributed by atoms with Gasteiger partial charge in [-0.3, -0.25) is 0 Å². The number of nitrogens with one attached hydrogen (secondary N) is 1. The topological polar surface area (TPSA) is 48.3 Å². The second kappa shape index (κ2) is 7.28. The van der Waals surface area contributed by atoms with E-state index in [9.17, 15) is 0 Å². The normalized spacial score (nSPS) is 10.8. The van der Waals surface area contributed by atoms with Crippen LogP contribution >= 0.6 is 11.6 Å². The van der Waals surface area contributed by atoms with Gasteiger partial charge >= 0.3 is 0 Å². The zero-order valence-electron chi connectivity index (χ0n) is 11.6. The zero-order valence-corrected chi connectivity index (χ0v) is 12.4. The molecule has 2 aromatic rings. The van der Waals surface area contributed by atoms with Gasteiger partial charge in [-0.2, -0.15) is 5.10 Å². The van der Waals surface area contributed by atoms with Crippen molar-refractivity contribution in [3.8, 4) is 11.4 Å². The highest BCUT2D eigenvalue weighted by Crippen LogP contribution is 2.26. The second-order valence-electron chi connectivity index (χ2n) is 4.24. The van der Waals surface area contributed by atoms with Crippen LogP contribution in [-0.2, 0) is 11.3 Å². The van der Waals surface area contributed by atoms with Crippen molar-refractivity contribution < 1.29 is 9.47 Å². The van der Waals surface area contributed by atoms with E-state index >= 15 is 0 Å². The molecule has 0 saturated heterocycles. The van der Waals surface area contributed by atoms with Gasteiger partial charge in [0.25, 0.3) is 0 Å². The third-order valence-electron chi connectivity index (χ3n) is 2.83. The van der Waals surface area contributed by atoms with Crippen molar-refractivity contribution in [2.75, 3.05) is 27.4 Å². The van der Waals surface area contributed by atoms with E-state index in [-0.39, 0.29) is 0 Å². The molecule has 5 nitrogen and oxygen atoms in total. The van der Waals surface area contributed by atoms with Gasteiger partial charge in [0.15, 0.2) is 0 Å². The first-order valence-electron chi connectivity index (χ1n) is 6.32. The van der Waals surface area contributed by atoms with Crippen LogP contribution < -0.4 is 10.1 Å². The van der Waals surface area contributed by atoms with E-state index < -0.39 is 0 Å². The Morgan fingerprint density at radius 2 is 2.15 bits per heavy atom. The van der Waals surface area contributed by atoms with Gasteiger partial charge in [0, 0.05) is 32.5 Å². The second-order valence-corrected chi connectivity index (χ2v) is 4.65. The van der Waals surface area contributed by atoms with E-state index in [2.05, 4.69) is 10.4 Å². The van der Waals surface area contributed by atoms with E-state index in [0.717, 1.165) is 17.9 Å². The molecular formula is C14H18ClN3O2. The van der Waals surface area contributed by atoms with Crippen molar-refractivity contribution in [1.82, 2.24) is 15.1 Å². The molecule has 0 atom stereocenters. The molecule has 0 fully saturated rings. The maximum Gasteiger partial charge on any atom is 0.139 e. The maximum absolute atomic E-state index is 6.01. The van der Waals surface area contributed by atoms with Crippen molar-refractivity contribution in [3.05, 3.63) is 41.2 Å². The predicted octanol–water partition coefficient (Wildman–Crippen LogP) is 2.27. The fourth-order valence-corrected chi connectivity index (χ4v) is 1.98. The molecule has 1 aromatic heterocycles. The Hall–Kier alpha value is -1.56. The summed E-state index contributed by atoms with van der Waals surface area (Å²) in [6.07, 6.45) is 1.91. The van der Waals surface area contributed by atoms with E-state index in [1.165, 1.54) is 0 Å². The van der Waals surface area contributed by atoms with Crippen LogP contribution in [0.5, 0.6) is 5.75 Å². The highest BCUT2D eigenvalue weighted by atomic mass is 35.5. The molecule has 1 N–H and O–H groups in total. The molecule has 0 aliphatic carbocycles. The molecular weight excluding hydrogens is 278 g/mol. The number of ether oxygens (including phenoxy) is 2. The molecule has 0 aliphatic heterocycles. The summed E-state index contributed by atoms with van der Waals surface area (Å²) in [6, 6.07) is 7.53. The molecule has 108 valence electrons. The Kier molecular flexibility index (Phi) is 5.40. The van der Waals surface area contributed by atoms with Crippen LogP contribution in [0.15, 0.2) is 30.5 Å². The van der Waals surface area contributed by atoms with Crippen molar-refractivity contribution in [2.45, 2.75) is 6.54 Å². The fourth-order valence-electron chi connectivity index (χ4n) is 1.78. The van der Waals surface area contributed by atoms with Crippen LogP contribution in [0.25, 0.3) is 5.69 Å². The molecule has 20 heavy (non-hydrogen) atoms. The molecule has 1 heterocycles. The molecule has 0 spiro atoms. The minimum Gasteiger partial charge on any atom is -0.495 e. The number of benzene rings is 1. The van der Waals surface area contributed by atoms with Crippen LogP contribution in [0, 0.1) is 0 Å². The number of hydrogen-bond donors (Lipinski definition) is 1. The summed E-state index contributed by atoms with van der Waals surface area (Å²) in [7, 11) is 3.28. The van der Waals surface area contributed by atoms with Gasteiger partial charge in [0.1, 0.15) is 5.75 Å². The van der Waals surface area contributed by atoms with Crippen LogP contribution in [0.1, 0.15) is 5.69 Å². The van der Waals surface area contributed by atoms with E-state index in [0.29, 0.717) is 23.9 Å². The first-order valence-corrected chi connectivity index (χ1v) is 6.70. The number of aromatic nitrogens is 2. The van der Waals surface area contributed by atoms with Gasteiger partial charge in [-0.25, -0.2) is 4.68 Å². The largest absolute Gasteiger partial charge is 0.495 e. The van der Waals surface area contributed by atoms with Gasteiger partial charge in [0.05, 0.1) is 30.1 Å². The molecule has 0 radical (unpaired) electrons. The summed E-state index contributed by atoms with van der Waals surface area (Å²) in [5, 5.41) is 8.34. The molecule has 2 rings (SSSR count). The van der Waals surface area contributed by atoms with E-state index in [1.807, 2.05) is 24.4 Å². The first kappa shape index (κ1) is 14.8. The third kappa shape index (κ3) is 3.72. The van der Waals surface area contributed by atoms with Crippen molar-refractivity contribution in [2.24, 2.45) is 0 Å². The van der Waals surface area contributed by atoms with Gasteiger partial charge < -0.3 is 14.8 Å². The summed E-state index contributed by atoms with van der Waals surface area (Å²) in [4.78, 5) is 0. The average molecular weight is 296 g/mol. The van der Waals surface area contributed by atoms with Crippen LogP contribution in [0.2, 0.25) is 5.02 Å². The quantitative estimate of drug-likeness (QED) is 0.796. The Bertz CT molecular complexity index is 557. The standard InChI is InChI=1S/C14H18ClN3O2/c1-19-8-6-16-10-11-5-7-18(17-11)12-3-4-13(15)14(9-12)20-2/h3-5,7,9,16H,6,8,10H2,1-2H3. The average Bonchev–Trinajstić information content (AvgIpc) is 2.93. The number of nitrogens with zero attached hydrogens (tertiary/aromatic N) is 2. The van der Waals surface area contributed by atoms with Crippen LogP contribution in [0.4, 0.5) is 0 Å². The lowest BCUT2D eigenvalue weighted by Gasteiger charge is -2.06. The van der Waals surface area contributed by atoms with Gasteiger partial charge in [0.2, 0.25) is 0 Å². The maximum atomic E-state index is 6.01. The Morgan fingerprint density at radius 3 is 2.90 bits per heavy atom. The SMILES string of the molecule is COCCNCc1ccn(-c2ccc(Cl)c(OC)c2)n1. The summed E-state index contributed by atoms with van der Waals surface area (Å²) >= 11 is 6.01. The summed E-state index contributed by atoms with van der Waals surface area (Å²) in [5.41, 5.74) is 1.88. The van der Waals surface area contributed by atoms with Gasteiger partial charge in [-0.1, -0.05) is 11.6 Å². The zero-order chi connectivity index (χ0) is 14.4. The van der Waals surface area contributed by atoms with Gasteiger partial charge in [-0.15, -0.1) is 0 Å². The lowest BCUT2D eigenvalue weighted by Crippen LogP contribution is -2.18. The summed E-state index contributed by atoms with van der Waals surface area (Å²) in [6.45, 7) is 2.20. The van der Waals surface area contributed by atoms with Crippen LogP contribution in [0.3, 0.4) is 0 Å². The number of methoxy groups -OCH3 is 2. The molecule has 1 aromatic carbocycles. The lowest BCUT2D eigenvalue weighted by molar-refractivity contribution is 0.199. The number of rotatable bonds is 7. The number of halogens is 1. The minimum absolute atomic E-state index is 0.588. The van der Waals surface area contributed by atoms with Crippen molar-refractivity contribution in [1.29, 1.82) is 0 Å². The Labute approximate surface area is 123 Å².